The van der Waals surface area contributed by atoms with Gasteiger partial charge in [-0.25, -0.2) is 0 Å². The first-order chi connectivity index (χ1) is 9.13. The van der Waals surface area contributed by atoms with Crippen molar-refractivity contribution in [1.82, 2.24) is 4.90 Å². The summed E-state index contributed by atoms with van der Waals surface area (Å²) in [6.45, 7) is 6.34. The highest BCUT2D eigenvalue weighted by Gasteiger charge is 2.27. The van der Waals surface area contributed by atoms with Crippen molar-refractivity contribution in [3.63, 3.8) is 0 Å². The lowest BCUT2D eigenvalue weighted by molar-refractivity contribution is 0.0623. The van der Waals surface area contributed by atoms with E-state index >= 15 is 0 Å². The van der Waals surface area contributed by atoms with Gasteiger partial charge in [0, 0.05) is 18.7 Å². The van der Waals surface area contributed by atoms with E-state index in [1.165, 1.54) is 6.42 Å². The summed E-state index contributed by atoms with van der Waals surface area (Å²) < 4.78 is 10.6. The van der Waals surface area contributed by atoms with Gasteiger partial charge in [0.25, 0.3) is 5.91 Å². The molecule has 0 aliphatic carbocycles. The highest BCUT2D eigenvalue weighted by molar-refractivity contribution is 5.95. The van der Waals surface area contributed by atoms with Crippen LogP contribution in [0.4, 0.5) is 0 Å². The maximum absolute atomic E-state index is 12.5. The summed E-state index contributed by atoms with van der Waals surface area (Å²) in [5.41, 5.74) is 0.686. The summed E-state index contributed by atoms with van der Waals surface area (Å²) in [7, 11) is 0. The smallest absolute Gasteiger partial charge is 0.254 e. The highest BCUT2D eigenvalue weighted by atomic mass is 16.7. The van der Waals surface area contributed by atoms with Gasteiger partial charge in [0.1, 0.15) is 0 Å². The van der Waals surface area contributed by atoms with Crippen LogP contribution in [0.15, 0.2) is 18.2 Å². The number of piperidine rings is 1. The lowest BCUT2D eigenvalue weighted by Crippen LogP contribution is -2.42. The SMILES string of the molecule is C[C@H]1C[C@H](C)CN(C(=O)c2ccc3c(c2)OCO3)C1. The average Bonchev–Trinajstić information content (AvgIpc) is 2.83. The second kappa shape index (κ2) is 4.76. The van der Waals surface area contributed by atoms with E-state index in [4.69, 9.17) is 9.47 Å². The molecule has 0 unspecified atom stereocenters. The molecule has 1 amide bonds. The second-order valence-electron chi connectivity index (χ2n) is 5.72. The predicted molar refractivity (Wildman–Crippen MR) is 71.4 cm³/mol. The van der Waals surface area contributed by atoms with Crippen LogP contribution in [-0.2, 0) is 0 Å². The van der Waals surface area contributed by atoms with Gasteiger partial charge in [-0.3, -0.25) is 4.79 Å². The Kier molecular flexibility index (Phi) is 3.09. The molecule has 2 atom stereocenters. The third kappa shape index (κ3) is 2.39. The quantitative estimate of drug-likeness (QED) is 0.779. The van der Waals surface area contributed by atoms with Gasteiger partial charge >= 0.3 is 0 Å². The van der Waals surface area contributed by atoms with E-state index < -0.39 is 0 Å². The van der Waals surface area contributed by atoms with Crippen LogP contribution in [0.25, 0.3) is 0 Å². The zero-order valence-corrected chi connectivity index (χ0v) is 11.4. The van der Waals surface area contributed by atoms with Crippen LogP contribution in [0, 0.1) is 11.8 Å². The molecule has 0 aromatic heterocycles. The number of amides is 1. The molecule has 102 valence electrons. The van der Waals surface area contributed by atoms with E-state index in [1.54, 1.807) is 6.07 Å². The summed E-state index contributed by atoms with van der Waals surface area (Å²) in [4.78, 5) is 14.5. The van der Waals surface area contributed by atoms with Crippen molar-refractivity contribution in [3.8, 4) is 11.5 Å². The van der Waals surface area contributed by atoms with Crippen LogP contribution >= 0.6 is 0 Å². The van der Waals surface area contributed by atoms with Gasteiger partial charge in [-0.1, -0.05) is 13.8 Å². The lowest BCUT2D eigenvalue weighted by atomic mass is 9.91. The first-order valence-corrected chi connectivity index (χ1v) is 6.82. The number of hydrogen-bond acceptors (Lipinski definition) is 3. The zero-order valence-electron chi connectivity index (χ0n) is 11.4. The highest BCUT2D eigenvalue weighted by Crippen LogP contribution is 2.33. The fourth-order valence-corrected chi connectivity index (χ4v) is 3.04. The Morgan fingerprint density at radius 2 is 1.84 bits per heavy atom. The Balaban J connectivity index is 1.80. The molecule has 0 saturated carbocycles. The van der Waals surface area contributed by atoms with Crippen molar-refractivity contribution in [1.29, 1.82) is 0 Å². The molecule has 2 heterocycles. The Morgan fingerprint density at radius 3 is 2.58 bits per heavy atom. The second-order valence-corrected chi connectivity index (χ2v) is 5.72. The molecule has 0 bridgehead atoms. The van der Waals surface area contributed by atoms with Crippen molar-refractivity contribution >= 4 is 5.91 Å². The van der Waals surface area contributed by atoms with Gasteiger partial charge in [-0.05, 0) is 36.5 Å². The summed E-state index contributed by atoms with van der Waals surface area (Å²) in [5.74, 6) is 2.63. The molecule has 3 rings (SSSR count). The summed E-state index contributed by atoms with van der Waals surface area (Å²) in [6, 6.07) is 5.42. The number of likely N-dealkylation sites (tertiary alicyclic amines) is 1. The molecule has 19 heavy (non-hydrogen) atoms. The Bertz CT molecular complexity index is 490. The minimum Gasteiger partial charge on any atom is -0.454 e. The first kappa shape index (κ1) is 12.3. The number of carbonyl (C=O) groups is 1. The molecule has 4 heteroatoms. The van der Waals surface area contributed by atoms with Crippen molar-refractivity contribution in [2.75, 3.05) is 19.9 Å². The van der Waals surface area contributed by atoms with E-state index in [1.807, 2.05) is 17.0 Å². The molecule has 1 fully saturated rings. The standard InChI is InChI=1S/C15H19NO3/c1-10-5-11(2)8-16(7-10)15(17)12-3-4-13-14(6-12)19-9-18-13/h3-4,6,10-11H,5,7-9H2,1-2H3/t10-,11-/m0/s1. The van der Waals surface area contributed by atoms with E-state index in [2.05, 4.69) is 13.8 Å². The summed E-state index contributed by atoms with van der Waals surface area (Å²) >= 11 is 0. The maximum atomic E-state index is 12.5. The van der Waals surface area contributed by atoms with E-state index in [0.717, 1.165) is 18.8 Å². The monoisotopic (exact) mass is 261 g/mol. The molecule has 4 nitrogen and oxygen atoms in total. The Morgan fingerprint density at radius 1 is 1.16 bits per heavy atom. The molecule has 2 aliphatic rings. The Hall–Kier alpha value is -1.71. The van der Waals surface area contributed by atoms with Crippen molar-refractivity contribution in [2.24, 2.45) is 11.8 Å². The number of carbonyl (C=O) groups excluding carboxylic acids is 1. The van der Waals surface area contributed by atoms with Crippen LogP contribution in [0.3, 0.4) is 0 Å². The largest absolute Gasteiger partial charge is 0.454 e. The number of hydrogen-bond donors (Lipinski definition) is 0. The Labute approximate surface area is 113 Å². The number of nitrogens with zero attached hydrogens (tertiary/aromatic N) is 1. The molecule has 1 saturated heterocycles. The summed E-state index contributed by atoms with van der Waals surface area (Å²) in [5, 5.41) is 0. The third-order valence-corrected chi connectivity index (χ3v) is 3.78. The van der Waals surface area contributed by atoms with Gasteiger partial charge in [-0.15, -0.1) is 0 Å². The molecular formula is C15H19NO3. The van der Waals surface area contributed by atoms with E-state index in [9.17, 15) is 4.79 Å². The topological polar surface area (TPSA) is 38.8 Å². The van der Waals surface area contributed by atoms with Crippen LogP contribution in [0.2, 0.25) is 0 Å². The molecule has 0 radical (unpaired) electrons. The van der Waals surface area contributed by atoms with Crippen LogP contribution in [0.5, 0.6) is 11.5 Å². The van der Waals surface area contributed by atoms with Gasteiger partial charge in [0.15, 0.2) is 11.5 Å². The molecular weight excluding hydrogens is 242 g/mol. The molecule has 1 aromatic carbocycles. The normalized spacial score (nSPS) is 25.5. The fraction of sp³-hybridized carbons (Fsp3) is 0.533. The average molecular weight is 261 g/mol. The van der Waals surface area contributed by atoms with Gasteiger partial charge in [0.05, 0.1) is 0 Å². The fourth-order valence-electron chi connectivity index (χ4n) is 3.04. The van der Waals surface area contributed by atoms with E-state index in [0.29, 0.717) is 23.1 Å². The van der Waals surface area contributed by atoms with Gasteiger partial charge in [0.2, 0.25) is 6.79 Å². The number of fused-ring (bicyclic) bond motifs is 1. The zero-order chi connectivity index (χ0) is 13.4. The minimum absolute atomic E-state index is 0.0942. The molecule has 2 aliphatic heterocycles. The van der Waals surface area contributed by atoms with Crippen LogP contribution in [-0.4, -0.2) is 30.7 Å². The number of benzene rings is 1. The van der Waals surface area contributed by atoms with Crippen LogP contribution < -0.4 is 9.47 Å². The van der Waals surface area contributed by atoms with Crippen molar-refractivity contribution < 1.29 is 14.3 Å². The van der Waals surface area contributed by atoms with Gasteiger partial charge in [-0.2, -0.15) is 0 Å². The lowest BCUT2D eigenvalue weighted by Gasteiger charge is -2.35. The summed E-state index contributed by atoms with van der Waals surface area (Å²) in [6.07, 6.45) is 1.20. The maximum Gasteiger partial charge on any atom is 0.254 e. The predicted octanol–water partition coefficient (Wildman–Crippen LogP) is 2.53. The number of ether oxygens (including phenoxy) is 2. The molecule has 0 N–H and O–H groups in total. The minimum atomic E-state index is 0.0942. The van der Waals surface area contributed by atoms with E-state index in [-0.39, 0.29) is 12.7 Å². The molecule has 0 spiro atoms. The van der Waals surface area contributed by atoms with Crippen LogP contribution in [0.1, 0.15) is 30.6 Å². The third-order valence-electron chi connectivity index (χ3n) is 3.78. The first-order valence-electron chi connectivity index (χ1n) is 6.82. The van der Waals surface area contributed by atoms with Crippen molar-refractivity contribution in [3.05, 3.63) is 23.8 Å². The molecule has 1 aromatic rings. The van der Waals surface area contributed by atoms with Crippen molar-refractivity contribution in [2.45, 2.75) is 20.3 Å². The van der Waals surface area contributed by atoms with Gasteiger partial charge < -0.3 is 14.4 Å². The number of rotatable bonds is 1.